The zero-order chi connectivity index (χ0) is 24.3. The van der Waals surface area contributed by atoms with Gasteiger partial charge in [0.05, 0.1) is 23.9 Å². The lowest BCUT2D eigenvalue weighted by molar-refractivity contribution is -0.239. The number of ether oxygens (including phenoxy) is 1. The summed E-state index contributed by atoms with van der Waals surface area (Å²) in [6, 6.07) is 10.2. The summed E-state index contributed by atoms with van der Waals surface area (Å²) < 4.78 is 6.43. The van der Waals surface area contributed by atoms with E-state index in [9.17, 15) is 10.2 Å². The molecule has 0 spiro atoms. The number of nitrogens with zero attached hydrogens (tertiary/aromatic N) is 1. The molecule has 5 fully saturated rings. The summed E-state index contributed by atoms with van der Waals surface area (Å²) in [6.07, 6.45) is 12.4. The third-order valence-corrected chi connectivity index (χ3v) is 12.2. The van der Waals surface area contributed by atoms with E-state index in [1.807, 2.05) is 18.2 Å². The van der Waals surface area contributed by atoms with Gasteiger partial charge >= 0.3 is 0 Å². The Morgan fingerprint density at radius 3 is 2.43 bits per heavy atom. The fraction of sp³-hybridized carbons (Fsp3) is 0.806. The van der Waals surface area contributed by atoms with Crippen molar-refractivity contribution in [3.8, 4) is 0 Å². The highest BCUT2D eigenvalue weighted by Gasteiger charge is 2.72. The maximum Gasteiger partial charge on any atom is 0.0978 e. The van der Waals surface area contributed by atoms with Gasteiger partial charge in [0.1, 0.15) is 0 Å². The first-order chi connectivity index (χ1) is 16.8. The lowest BCUT2D eigenvalue weighted by Gasteiger charge is -2.64. The Kier molecular flexibility index (Phi) is 6.15. The molecule has 2 N–H and O–H groups in total. The van der Waals surface area contributed by atoms with Crippen molar-refractivity contribution < 1.29 is 14.9 Å². The van der Waals surface area contributed by atoms with Gasteiger partial charge in [-0.2, -0.15) is 0 Å². The molecule has 1 aliphatic heterocycles. The maximum absolute atomic E-state index is 12.4. The van der Waals surface area contributed by atoms with Crippen molar-refractivity contribution in [2.24, 2.45) is 28.6 Å². The van der Waals surface area contributed by atoms with Crippen molar-refractivity contribution in [2.45, 2.75) is 102 Å². The summed E-state index contributed by atoms with van der Waals surface area (Å²) in [6.45, 7) is 9.22. The average Bonchev–Trinajstić information content (AvgIpc) is 3.46. The van der Waals surface area contributed by atoms with E-state index in [0.717, 1.165) is 44.4 Å². The fourth-order valence-corrected chi connectivity index (χ4v) is 9.89. The molecule has 8 atom stereocenters. The maximum atomic E-state index is 12.4. The van der Waals surface area contributed by atoms with Gasteiger partial charge in [-0.25, -0.2) is 0 Å². The molecule has 1 heterocycles. The highest BCUT2D eigenvalue weighted by atomic mass is 16.5. The zero-order valence-corrected chi connectivity index (χ0v) is 22.1. The molecule has 194 valence electrons. The second-order valence-electron chi connectivity index (χ2n) is 13.3. The molecule has 0 radical (unpaired) electrons. The van der Waals surface area contributed by atoms with Crippen LogP contribution < -0.4 is 0 Å². The van der Waals surface area contributed by atoms with Gasteiger partial charge < -0.3 is 19.8 Å². The molecule has 1 aromatic rings. The molecule has 4 aliphatic carbocycles. The van der Waals surface area contributed by atoms with Crippen LogP contribution in [0.3, 0.4) is 0 Å². The average molecular weight is 482 g/mol. The number of hydrogen-bond acceptors (Lipinski definition) is 4. The van der Waals surface area contributed by atoms with Crippen molar-refractivity contribution >= 4 is 0 Å². The highest BCUT2D eigenvalue weighted by Crippen LogP contribution is 2.71. The van der Waals surface area contributed by atoms with Crippen LogP contribution in [-0.4, -0.2) is 53.1 Å². The van der Waals surface area contributed by atoms with Crippen molar-refractivity contribution in [3.05, 3.63) is 35.9 Å². The van der Waals surface area contributed by atoms with Gasteiger partial charge in [0.25, 0.3) is 0 Å². The normalized spacial score (nSPS) is 47.8. The van der Waals surface area contributed by atoms with E-state index in [2.05, 4.69) is 30.9 Å². The van der Waals surface area contributed by atoms with Gasteiger partial charge in [-0.05, 0) is 112 Å². The Hall–Kier alpha value is -0.940. The topological polar surface area (TPSA) is 52.9 Å². The Labute approximate surface area is 212 Å². The summed E-state index contributed by atoms with van der Waals surface area (Å²) in [7, 11) is 0. The van der Waals surface area contributed by atoms with Crippen LogP contribution in [0.4, 0.5) is 0 Å². The van der Waals surface area contributed by atoms with E-state index >= 15 is 0 Å². The van der Waals surface area contributed by atoms with Gasteiger partial charge in [-0.1, -0.05) is 44.2 Å². The SMILES string of the molecule is C[C@]12CCC(OCCN3CCCC3)CC1CC[C@@H]1[C@H]2CC[C@]2(C)C(O)(c3ccccc3)CC[C@@]12O. The molecule has 3 unspecified atom stereocenters. The van der Waals surface area contributed by atoms with Crippen LogP contribution in [-0.2, 0) is 10.3 Å². The van der Waals surface area contributed by atoms with Gasteiger partial charge in [-0.15, -0.1) is 0 Å². The molecule has 0 amide bonds. The smallest absolute Gasteiger partial charge is 0.0978 e. The predicted molar refractivity (Wildman–Crippen MR) is 139 cm³/mol. The van der Waals surface area contributed by atoms with Crippen LogP contribution in [0, 0.1) is 28.6 Å². The molecule has 0 aromatic heterocycles. The van der Waals surface area contributed by atoms with E-state index in [1.165, 1.54) is 51.6 Å². The van der Waals surface area contributed by atoms with E-state index in [-0.39, 0.29) is 0 Å². The Bertz CT molecular complexity index is 902. The third-order valence-electron chi connectivity index (χ3n) is 12.2. The van der Waals surface area contributed by atoms with Gasteiger partial charge in [0.15, 0.2) is 0 Å². The first kappa shape index (κ1) is 24.4. The van der Waals surface area contributed by atoms with Crippen LogP contribution in [0.25, 0.3) is 0 Å². The summed E-state index contributed by atoms with van der Waals surface area (Å²) >= 11 is 0. The molecular weight excluding hydrogens is 434 g/mol. The number of rotatable bonds is 5. The van der Waals surface area contributed by atoms with E-state index < -0.39 is 16.6 Å². The third kappa shape index (κ3) is 3.60. The van der Waals surface area contributed by atoms with E-state index in [4.69, 9.17) is 4.74 Å². The summed E-state index contributed by atoms with van der Waals surface area (Å²) in [5, 5.41) is 24.5. The molecule has 35 heavy (non-hydrogen) atoms. The highest BCUT2D eigenvalue weighted by molar-refractivity contribution is 5.32. The second-order valence-corrected chi connectivity index (χ2v) is 13.3. The molecule has 5 aliphatic rings. The quantitative estimate of drug-likeness (QED) is 0.582. The summed E-state index contributed by atoms with van der Waals surface area (Å²) in [5.74, 6) is 1.56. The van der Waals surface area contributed by atoms with Crippen molar-refractivity contribution in [1.29, 1.82) is 0 Å². The Balaban J connectivity index is 1.16. The largest absolute Gasteiger partial charge is 0.389 e. The molecule has 1 saturated heterocycles. The van der Waals surface area contributed by atoms with Crippen LogP contribution in [0.2, 0.25) is 0 Å². The minimum atomic E-state index is -0.938. The van der Waals surface area contributed by atoms with Crippen molar-refractivity contribution in [2.75, 3.05) is 26.2 Å². The Morgan fingerprint density at radius 1 is 0.886 bits per heavy atom. The van der Waals surface area contributed by atoms with E-state index in [0.29, 0.717) is 35.7 Å². The van der Waals surface area contributed by atoms with Gasteiger partial charge in [0, 0.05) is 12.0 Å². The number of benzene rings is 1. The first-order valence-electron chi connectivity index (χ1n) is 14.6. The molecule has 4 heteroatoms. The molecule has 4 nitrogen and oxygen atoms in total. The Morgan fingerprint density at radius 2 is 1.66 bits per heavy atom. The molecule has 6 rings (SSSR count). The van der Waals surface area contributed by atoms with Crippen LogP contribution in [0.1, 0.15) is 90.0 Å². The van der Waals surface area contributed by atoms with Crippen LogP contribution >= 0.6 is 0 Å². The molecule has 1 aromatic carbocycles. The van der Waals surface area contributed by atoms with Gasteiger partial charge in [-0.3, -0.25) is 0 Å². The minimum absolute atomic E-state index is 0.294. The van der Waals surface area contributed by atoms with Crippen LogP contribution in [0.5, 0.6) is 0 Å². The zero-order valence-electron chi connectivity index (χ0n) is 22.1. The van der Waals surface area contributed by atoms with E-state index in [1.54, 1.807) is 0 Å². The number of aliphatic hydroxyl groups is 2. The van der Waals surface area contributed by atoms with Crippen LogP contribution in [0.15, 0.2) is 30.3 Å². The van der Waals surface area contributed by atoms with Crippen molar-refractivity contribution in [3.63, 3.8) is 0 Å². The fourth-order valence-electron chi connectivity index (χ4n) is 9.89. The monoisotopic (exact) mass is 481 g/mol. The molecule has 0 bridgehead atoms. The standard InChI is InChI=1S/C31H47NO3/c1-28-14-12-25(35-21-20-32-18-6-7-19-32)22-24(28)10-11-27-26(28)13-15-29(2)30(33,16-17-31(27,29)34)23-8-4-3-5-9-23/h3-5,8-9,24-27,33-34H,6-7,10-22H2,1-2H3/t24?,25?,26-,27-,28+,29-,30?,31-/m1/s1. The predicted octanol–water partition coefficient (Wildman–Crippen LogP) is 5.51. The lowest BCUT2D eigenvalue weighted by atomic mass is 9.43. The molecular formula is C31H47NO3. The van der Waals surface area contributed by atoms with Gasteiger partial charge in [0.2, 0.25) is 0 Å². The lowest BCUT2D eigenvalue weighted by Crippen LogP contribution is -2.64. The second kappa shape index (κ2) is 8.82. The van der Waals surface area contributed by atoms with Crippen molar-refractivity contribution in [1.82, 2.24) is 4.90 Å². The number of fused-ring (bicyclic) bond motifs is 5. The number of hydrogen-bond donors (Lipinski definition) is 2. The minimum Gasteiger partial charge on any atom is -0.389 e. The number of likely N-dealkylation sites (tertiary alicyclic amines) is 1. The molecule has 4 saturated carbocycles. The first-order valence-corrected chi connectivity index (χ1v) is 14.6. The summed E-state index contributed by atoms with van der Waals surface area (Å²) in [5.41, 5.74) is -0.920. The summed E-state index contributed by atoms with van der Waals surface area (Å²) in [4.78, 5) is 2.55.